The molecule has 23 heavy (non-hydrogen) atoms. The van der Waals surface area contributed by atoms with Crippen LogP contribution in [-0.4, -0.2) is 65.9 Å². The van der Waals surface area contributed by atoms with E-state index in [0.29, 0.717) is 24.2 Å². The number of rotatable bonds is 5. The summed E-state index contributed by atoms with van der Waals surface area (Å²) in [7, 11) is 3.35. The Hall–Kier alpha value is -2.41. The molecule has 1 heterocycles. The van der Waals surface area contributed by atoms with Crippen molar-refractivity contribution in [3.8, 4) is 0 Å². The van der Waals surface area contributed by atoms with E-state index in [1.807, 2.05) is 0 Å². The van der Waals surface area contributed by atoms with E-state index in [2.05, 4.69) is 5.32 Å². The third kappa shape index (κ3) is 4.29. The van der Waals surface area contributed by atoms with E-state index in [-0.39, 0.29) is 18.4 Å². The number of nitrogens with one attached hydrogen (secondary N) is 1. The summed E-state index contributed by atoms with van der Waals surface area (Å²) in [5.41, 5.74) is 1.12. The Morgan fingerprint density at radius 3 is 2.48 bits per heavy atom. The second-order valence-electron chi connectivity index (χ2n) is 5.79. The van der Waals surface area contributed by atoms with Crippen LogP contribution in [0.25, 0.3) is 0 Å². The Balaban J connectivity index is 1.93. The summed E-state index contributed by atoms with van der Waals surface area (Å²) < 4.78 is 0. The van der Waals surface area contributed by atoms with Crippen LogP contribution in [0.3, 0.4) is 0 Å². The number of hydrogen-bond acceptors (Lipinski definition) is 4. The lowest BCUT2D eigenvalue weighted by Gasteiger charge is -2.20. The number of carbonyl (C=O) groups excluding carboxylic acids is 2. The Kier molecular flexibility index (Phi) is 5.33. The number of carboxylic acid groups (broad SMARTS) is 1. The molecule has 2 amide bonds. The van der Waals surface area contributed by atoms with Gasteiger partial charge in [0, 0.05) is 25.3 Å². The Labute approximate surface area is 134 Å². The number of anilines is 1. The monoisotopic (exact) mass is 319 g/mol. The van der Waals surface area contributed by atoms with Crippen LogP contribution in [-0.2, 0) is 9.59 Å². The van der Waals surface area contributed by atoms with Crippen molar-refractivity contribution in [3.05, 3.63) is 29.8 Å². The minimum atomic E-state index is -0.887. The fourth-order valence-corrected chi connectivity index (χ4v) is 2.63. The third-order valence-electron chi connectivity index (χ3n) is 3.82. The first-order chi connectivity index (χ1) is 10.9. The van der Waals surface area contributed by atoms with Crippen molar-refractivity contribution in [2.24, 2.45) is 0 Å². The van der Waals surface area contributed by atoms with Crippen LogP contribution in [0.4, 0.5) is 5.69 Å². The van der Waals surface area contributed by atoms with Crippen molar-refractivity contribution >= 4 is 23.5 Å². The van der Waals surface area contributed by atoms with Crippen LogP contribution in [0.1, 0.15) is 23.2 Å². The van der Waals surface area contributed by atoms with Gasteiger partial charge >= 0.3 is 5.97 Å². The van der Waals surface area contributed by atoms with Gasteiger partial charge < -0.3 is 15.3 Å². The van der Waals surface area contributed by atoms with Gasteiger partial charge in [0.1, 0.15) is 6.04 Å². The lowest BCUT2D eigenvalue weighted by molar-refractivity contribution is -0.142. The molecule has 0 unspecified atom stereocenters. The zero-order valence-corrected chi connectivity index (χ0v) is 13.3. The normalized spacial score (nSPS) is 17.7. The van der Waals surface area contributed by atoms with Crippen LogP contribution < -0.4 is 5.32 Å². The molecule has 7 heteroatoms. The highest BCUT2D eigenvalue weighted by Gasteiger charge is 2.31. The number of carboxylic acids is 1. The summed E-state index contributed by atoms with van der Waals surface area (Å²) in [5.74, 6) is -1.25. The van der Waals surface area contributed by atoms with Gasteiger partial charge in [-0.1, -0.05) is 0 Å². The van der Waals surface area contributed by atoms with Crippen molar-refractivity contribution < 1.29 is 19.5 Å². The maximum atomic E-state index is 12.0. The molecule has 1 aliphatic rings. The fraction of sp³-hybridized carbons (Fsp3) is 0.438. The molecule has 1 aromatic carbocycles. The molecule has 124 valence electrons. The highest BCUT2D eigenvalue weighted by Crippen LogP contribution is 2.17. The molecule has 1 atom stereocenters. The fourth-order valence-electron chi connectivity index (χ4n) is 2.63. The zero-order valence-electron chi connectivity index (χ0n) is 13.3. The van der Waals surface area contributed by atoms with E-state index >= 15 is 0 Å². The Morgan fingerprint density at radius 2 is 1.91 bits per heavy atom. The highest BCUT2D eigenvalue weighted by atomic mass is 16.4. The number of likely N-dealkylation sites (tertiary alicyclic amines) is 1. The van der Waals surface area contributed by atoms with Gasteiger partial charge in [-0.15, -0.1) is 0 Å². The molecule has 1 fully saturated rings. The first kappa shape index (κ1) is 17.0. The van der Waals surface area contributed by atoms with E-state index in [0.717, 1.165) is 6.42 Å². The smallest absolute Gasteiger partial charge is 0.320 e. The van der Waals surface area contributed by atoms with Crippen LogP contribution in [0.2, 0.25) is 0 Å². The third-order valence-corrected chi connectivity index (χ3v) is 3.82. The van der Waals surface area contributed by atoms with Crippen molar-refractivity contribution in [3.63, 3.8) is 0 Å². The molecule has 2 rings (SSSR count). The molecule has 0 aliphatic carbocycles. The first-order valence-corrected chi connectivity index (χ1v) is 7.47. The van der Waals surface area contributed by atoms with Gasteiger partial charge in [-0.2, -0.15) is 0 Å². The van der Waals surface area contributed by atoms with Crippen LogP contribution in [0, 0.1) is 0 Å². The number of carbonyl (C=O) groups is 3. The maximum absolute atomic E-state index is 12.0. The summed E-state index contributed by atoms with van der Waals surface area (Å²) in [4.78, 5) is 38.1. The Bertz CT molecular complexity index is 598. The lowest BCUT2D eigenvalue weighted by atomic mass is 10.2. The molecule has 0 aromatic heterocycles. The van der Waals surface area contributed by atoms with E-state index in [4.69, 9.17) is 5.11 Å². The second-order valence-corrected chi connectivity index (χ2v) is 5.79. The molecular formula is C16H21N3O4. The highest BCUT2D eigenvalue weighted by molar-refractivity contribution is 5.96. The van der Waals surface area contributed by atoms with Gasteiger partial charge in [0.25, 0.3) is 5.91 Å². The minimum absolute atomic E-state index is 0.0509. The van der Waals surface area contributed by atoms with E-state index in [1.54, 1.807) is 43.3 Å². The van der Waals surface area contributed by atoms with Crippen molar-refractivity contribution in [1.29, 1.82) is 0 Å². The molecule has 0 spiro atoms. The summed E-state index contributed by atoms with van der Waals surface area (Å²) in [6, 6.07) is 6.03. The van der Waals surface area contributed by atoms with Gasteiger partial charge in [0.05, 0.1) is 6.54 Å². The molecule has 2 N–H and O–H groups in total. The first-order valence-electron chi connectivity index (χ1n) is 7.47. The summed E-state index contributed by atoms with van der Waals surface area (Å²) in [6.45, 7) is 0.663. The molecule has 0 saturated carbocycles. The molecule has 1 aromatic rings. The number of benzene rings is 1. The number of hydrogen-bond donors (Lipinski definition) is 2. The Morgan fingerprint density at radius 1 is 1.26 bits per heavy atom. The zero-order chi connectivity index (χ0) is 17.0. The SMILES string of the molecule is CN(C)C(=O)c1ccc(NC(=O)CN2CCC[C@H]2C(=O)O)cc1. The van der Waals surface area contributed by atoms with Gasteiger partial charge in [0.15, 0.2) is 0 Å². The average Bonchev–Trinajstić information content (AvgIpc) is 2.95. The van der Waals surface area contributed by atoms with Crippen LogP contribution >= 0.6 is 0 Å². The van der Waals surface area contributed by atoms with Gasteiger partial charge in [-0.25, -0.2) is 0 Å². The standard InChI is InChI=1S/C16H21N3O4/c1-18(2)15(21)11-5-7-12(8-6-11)17-14(20)10-19-9-3-4-13(19)16(22)23/h5-8,13H,3-4,9-10H2,1-2H3,(H,17,20)(H,22,23)/t13-/m0/s1. The predicted molar refractivity (Wildman–Crippen MR) is 85.3 cm³/mol. The molecule has 7 nitrogen and oxygen atoms in total. The van der Waals surface area contributed by atoms with Gasteiger partial charge in [-0.3, -0.25) is 19.3 Å². The summed E-state index contributed by atoms with van der Waals surface area (Å²) in [5, 5.41) is 11.8. The van der Waals surface area contributed by atoms with Gasteiger partial charge in [0.2, 0.25) is 5.91 Å². The maximum Gasteiger partial charge on any atom is 0.320 e. The van der Waals surface area contributed by atoms with Crippen molar-refractivity contribution in [1.82, 2.24) is 9.80 Å². The summed E-state index contributed by atoms with van der Waals surface area (Å²) in [6.07, 6.45) is 1.36. The van der Waals surface area contributed by atoms with Crippen molar-refractivity contribution in [2.75, 3.05) is 32.5 Å². The quantitative estimate of drug-likeness (QED) is 0.841. The van der Waals surface area contributed by atoms with Crippen molar-refractivity contribution in [2.45, 2.75) is 18.9 Å². The second kappa shape index (κ2) is 7.23. The molecule has 0 radical (unpaired) electrons. The van der Waals surface area contributed by atoms with Crippen LogP contribution in [0.5, 0.6) is 0 Å². The van der Waals surface area contributed by atoms with Gasteiger partial charge in [-0.05, 0) is 43.7 Å². The predicted octanol–water partition coefficient (Wildman–Crippen LogP) is 0.876. The topological polar surface area (TPSA) is 90.0 Å². The molecule has 1 aliphatic heterocycles. The molecule has 0 bridgehead atoms. The largest absolute Gasteiger partial charge is 0.480 e. The lowest BCUT2D eigenvalue weighted by Crippen LogP contribution is -2.40. The average molecular weight is 319 g/mol. The minimum Gasteiger partial charge on any atom is -0.480 e. The molecular weight excluding hydrogens is 298 g/mol. The number of aliphatic carboxylic acids is 1. The summed E-state index contributed by atoms with van der Waals surface area (Å²) >= 11 is 0. The number of nitrogens with zero attached hydrogens (tertiary/aromatic N) is 2. The molecule has 1 saturated heterocycles. The van der Waals surface area contributed by atoms with Crippen LogP contribution in [0.15, 0.2) is 24.3 Å². The van der Waals surface area contributed by atoms with E-state index < -0.39 is 12.0 Å². The van der Waals surface area contributed by atoms with E-state index in [9.17, 15) is 14.4 Å². The number of amides is 2. The van der Waals surface area contributed by atoms with E-state index in [1.165, 1.54) is 4.90 Å².